The molecule has 3 nitrogen and oxygen atoms in total. The van der Waals surface area contributed by atoms with Crippen molar-refractivity contribution in [1.82, 2.24) is 0 Å². The van der Waals surface area contributed by atoms with Crippen LogP contribution in [0.2, 0.25) is 0 Å². The van der Waals surface area contributed by atoms with Gasteiger partial charge in [0.2, 0.25) is 0 Å². The molecule has 0 amide bonds. The maximum atomic E-state index is 13.2. The third kappa shape index (κ3) is 2.67. The summed E-state index contributed by atoms with van der Waals surface area (Å²) in [6, 6.07) is 2.35. The van der Waals surface area contributed by atoms with Gasteiger partial charge in [-0.2, -0.15) is 0 Å². The molecule has 0 aliphatic rings. The largest absolute Gasteiger partial charge is 0.496 e. The number of hydrogen-bond donors (Lipinski definition) is 2. The van der Waals surface area contributed by atoms with Gasteiger partial charge in [0.25, 0.3) is 0 Å². The second kappa shape index (κ2) is 5.09. The number of methoxy groups -OCH3 is 1. The standard InChI is InChI=1S/C11H16FNO2/c1-7-5-8(12)6-9(11(7)15-2)10(13)3-4-14/h5-6,10,14H,3-4,13H2,1-2H3. The molecule has 0 spiro atoms. The number of nitrogens with two attached hydrogens (primary N) is 1. The summed E-state index contributed by atoms with van der Waals surface area (Å²) < 4.78 is 18.3. The number of hydrogen-bond acceptors (Lipinski definition) is 3. The highest BCUT2D eigenvalue weighted by Crippen LogP contribution is 2.29. The fraction of sp³-hybridized carbons (Fsp3) is 0.455. The van der Waals surface area contributed by atoms with Crippen LogP contribution in [0.5, 0.6) is 5.75 Å². The summed E-state index contributed by atoms with van der Waals surface area (Å²) in [6.45, 7) is 1.73. The fourth-order valence-electron chi connectivity index (χ4n) is 1.60. The summed E-state index contributed by atoms with van der Waals surface area (Å²) in [4.78, 5) is 0. The van der Waals surface area contributed by atoms with Gasteiger partial charge in [0.1, 0.15) is 11.6 Å². The average molecular weight is 213 g/mol. The average Bonchev–Trinajstić information content (AvgIpc) is 2.17. The van der Waals surface area contributed by atoms with Crippen LogP contribution in [0, 0.1) is 12.7 Å². The molecule has 0 heterocycles. The zero-order chi connectivity index (χ0) is 11.4. The summed E-state index contributed by atoms with van der Waals surface area (Å²) in [5.74, 6) is 0.258. The first-order valence-corrected chi connectivity index (χ1v) is 4.80. The van der Waals surface area contributed by atoms with Gasteiger partial charge < -0.3 is 15.6 Å². The molecule has 4 heteroatoms. The van der Waals surface area contributed by atoms with E-state index in [9.17, 15) is 4.39 Å². The van der Waals surface area contributed by atoms with E-state index in [2.05, 4.69) is 0 Å². The van der Waals surface area contributed by atoms with Crippen molar-refractivity contribution in [2.24, 2.45) is 5.73 Å². The van der Waals surface area contributed by atoms with E-state index in [4.69, 9.17) is 15.6 Å². The first-order valence-electron chi connectivity index (χ1n) is 4.80. The molecule has 3 N–H and O–H groups in total. The molecular weight excluding hydrogens is 197 g/mol. The molecule has 0 saturated carbocycles. The van der Waals surface area contributed by atoms with Crippen LogP contribution in [-0.2, 0) is 0 Å². The van der Waals surface area contributed by atoms with Crippen molar-refractivity contribution in [3.05, 3.63) is 29.1 Å². The lowest BCUT2D eigenvalue weighted by Gasteiger charge is -2.16. The van der Waals surface area contributed by atoms with Crippen LogP contribution in [0.4, 0.5) is 4.39 Å². The number of aliphatic hydroxyl groups excluding tert-OH is 1. The predicted octanol–water partition coefficient (Wildman–Crippen LogP) is 1.52. The van der Waals surface area contributed by atoms with Crippen molar-refractivity contribution >= 4 is 0 Å². The number of rotatable bonds is 4. The Balaban J connectivity index is 3.13. The number of halogens is 1. The minimum Gasteiger partial charge on any atom is -0.496 e. The minimum absolute atomic E-state index is 0.0279. The first kappa shape index (κ1) is 11.9. The molecular formula is C11H16FNO2. The van der Waals surface area contributed by atoms with Gasteiger partial charge in [-0.3, -0.25) is 0 Å². The molecule has 1 aromatic rings. The van der Waals surface area contributed by atoms with Gasteiger partial charge in [-0.05, 0) is 31.0 Å². The molecule has 1 atom stereocenters. The van der Waals surface area contributed by atoms with E-state index in [-0.39, 0.29) is 12.4 Å². The van der Waals surface area contributed by atoms with E-state index in [1.165, 1.54) is 19.2 Å². The highest BCUT2D eigenvalue weighted by atomic mass is 19.1. The molecule has 1 rings (SSSR count). The quantitative estimate of drug-likeness (QED) is 0.797. The van der Waals surface area contributed by atoms with Gasteiger partial charge in [-0.25, -0.2) is 4.39 Å². The van der Waals surface area contributed by atoms with Gasteiger partial charge in [0.15, 0.2) is 0 Å². The van der Waals surface area contributed by atoms with Gasteiger partial charge in [-0.1, -0.05) is 0 Å². The predicted molar refractivity (Wildman–Crippen MR) is 56.3 cm³/mol. The number of ether oxygens (including phenoxy) is 1. The molecule has 1 aromatic carbocycles. The molecule has 0 radical (unpaired) electrons. The maximum Gasteiger partial charge on any atom is 0.126 e. The van der Waals surface area contributed by atoms with E-state index in [0.29, 0.717) is 23.3 Å². The minimum atomic E-state index is -0.403. The van der Waals surface area contributed by atoms with Crippen LogP contribution in [-0.4, -0.2) is 18.8 Å². The van der Waals surface area contributed by atoms with Crippen molar-refractivity contribution < 1.29 is 14.2 Å². The third-order valence-corrected chi connectivity index (χ3v) is 2.31. The lowest BCUT2D eigenvalue weighted by molar-refractivity contribution is 0.275. The number of aryl methyl sites for hydroxylation is 1. The lowest BCUT2D eigenvalue weighted by Crippen LogP contribution is -2.14. The SMILES string of the molecule is COc1c(C)cc(F)cc1C(N)CCO. The van der Waals surface area contributed by atoms with Crippen molar-refractivity contribution in [1.29, 1.82) is 0 Å². The molecule has 84 valence electrons. The summed E-state index contributed by atoms with van der Waals surface area (Å²) in [5.41, 5.74) is 7.12. The molecule has 0 aliphatic heterocycles. The lowest BCUT2D eigenvalue weighted by atomic mass is 10.0. The van der Waals surface area contributed by atoms with Crippen molar-refractivity contribution in [2.45, 2.75) is 19.4 Å². The maximum absolute atomic E-state index is 13.2. The third-order valence-electron chi connectivity index (χ3n) is 2.31. The van der Waals surface area contributed by atoms with Crippen molar-refractivity contribution in [3.8, 4) is 5.75 Å². The fourth-order valence-corrected chi connectivity index (χ4v) is 1.60. The molecule has 0 fully saturated rings. The van der Waals surface area contributed by atoms with Crippen molar-refractivity contribution in [2.75, 3.05) is 13.7 Å². The first-order chi connectivity index (χ1) is 7.10. The highest BCUT2D eigenvalue weighted by molar-refractivity contribution is 5.43. The topological polar surface area (TPSA) is 55.5 Å². The molecule has 0 aromatic heterocycles. The van der Waals surface area contributed by atoms with Crippen LogP contribution in [0.3, 0.4) is 0 Å². The Hall–Kier alpha value is -1.13. The Kier molecular flexibility index (Phi) is 4.05. The van der Waals surface area contributed by atoms with E-state index < -0.39 is 6.04 Å². The second-order valence-electron chi connectivity index (χ2n) is 3.46. The number of benzene rings is 1. The molecule has 0 saturated heterocycles. The summed E-state index contributed by atoms with van der Waals surface area (Å²) in [7, 11) is 1.52. The van der Waals surface area contributed by atoms with Gasteiger partial charge in [0, 0.05) is 18.2 Å². The Labute approximate surface area is 88.7 Å². The van der Waals surface area contributed by atoms with E-state index >= 15 is 0 Å². The molecule has 0 bridgehead atoms. The molecule has 15 heavy (non-hydrogen) atoms. The monoisotopic (exact) mass is 213 g/mol. The van der Waals surface area contributed by atoms with Crippen molar-refractivity contribution in [3.63, 3.8) is 0 Å². The Morgan fingerprint density at radius 3 is 2.73 bits per heavy atom. The highest BCUT2D eigenvalue weighted by Gasteiger charge is 2.15. The van der Waals surface area contributed by atoms with E-state index in [0.717, 1.165) is 0 Å². The Morgan fingerprint density at radius 2 is 2.20 bits per heavy atom. The van der Waals surface area contributed by atoms with Crippen LogP contribution >= 0.6 is 0 Å². The van der Waals surface area contributed by atoms with Gasteiger partial charge in [-0.15, -0.1) is 0 Å². The number of aliphatic hydroxyl groups is 1. The summed E-state index contributed by atoms with van der Waals surface area (Å²) >= 11 is 0. The van der Waals surface area contributed by atoms with E-state index in [1.54, 1.807) is 6.92 Å². The van der Waals surface area contributed by atoms with Crippen LogP contribution in [0.25, 0.3) is 0 Å². The summed E-state index contributed by atoms with van der Waals surface area (Å²) in [5, 5.41) is 8.79. The second-order valence-corrected chi connectivity index (χ2v) is 3.46. The van der Waals surface area contributed by atoms with Gasteiger partial charge >= 0.3 is 0 Å². The van der Waals surface area contributed by atoms with Crippen LogP contribution in [0.1, 0.15) is 23.6 Å². The molecule has 0 aliphatic carbocycles. The van der Waals surface area contributed by atoms with Crippen LogP contribution in [0.15, 0.2) is 12.1 Å². The van der Waals surface area contributed by atoms with Gasteiger partial charge in [0.05, 0.1) is 7.11 Å². The smallest absolute Gasteiger partial charge is 0.126 e. The molecule has 1 unspecified atom stereocenters. The Morgan fingerprint density at radius 1 is 1.53 bits per heavy atom. The normalized spacial score (nSPS) is 12.6. The van der Waals surface area contributed by atoms with Crippen LogP contribution < -0.4 is 10.5 Å². The zero-order valence-corrected chi connectivity index (χ0v) is 8.96. The van der Waals surface area contributed by atoms with E-state index in [1.807, 2.05) is 0 Å². The summed E-state index contributed by atoms with van der Waals surface area (Å²) in [6.07, 6.45) is 0.388. The Bertz CT molecular complexity index is 342. The zero-order valence-electron chi connectivity index (χ0n) is 8.96.